The minimum absolute atomic E-state index is 0.792. The van der Waals surface area contributed by atoms with Crippen molar-refractivity contribution in [1.29, 1.82) is 0 Å². The van der Waals surface area contributed by atoms with Crippen molar-refractivity contribution in [1.82, 2.24) is 23.9 Å². The van der Waals surface area contributed by atoms with E-state index in [1.807, 2.05) is 36.4 Å². The molecule has 0 saturated carbocycles. The summed E-state index contributed by atoms with van der Waals surface area (Å²) in [6.45, 7) is 0. The van der Waals surface area contributed by atoms with E-state index in [-0.39, 0.29) is 0 Å². The van der Waals surface area contributed by atoms with Gasteiger partial charge in [-0.2, -0.15) is 0 Å². The maximum Gasteiger partial charge on any atom is 0.169 e. The molecular formula is C56H35N5O. The minimum atomic E-state index is 0.792. The van der Waals surface area contributed by atoms with Crippen LogP contribution in [0.4, 0.5) is 0 Å². The Bertz CT molecular complexity index is 3870. The molecule has 0 aliphatic heterocycles. The predicted molar refractivity (Wildman–Crippen MR) is 254 cm³/mol. The van der Waals surface area contributed by atoms with Crippen molar-refractivity contribution in [2.75, 3.05) is 0 Å². The van der Waals surface area contributed by atoms with Gasteiger partial charge in [0.25, 0.3) is 0 Å². The van der Waals surface area contributed by atoms with Gasteiger partial charge in [0.1, 0.15) is 11.2 Å². The zero-order valence-corrected chi connectivity index (χ0v) is 33.4. The molecule has 62 heavy (non-hydrogen) atoms. The maximum absolute atomic E-state index is 6.35. The lowest BCUT2D eigenvalue weighted by Gasteiger charge is -2.13. The van der Waals surface area contributed by atoms with Crippen LogP contribution in [-0.2, 0) is 0 Å². The van der Waals surface area contributed by atoms with E-state index in [4.69, 9.17) is 14.6 Å². The number of fused-ring (bicyclic) bond motifs is 9. The van der Waals surface area contributed by atoms with Crippen LogP contribution in [0, 0.1) is 0 Å². The van der Waals surface area contributed by atoms with Crippen molar-refractivity contribution in [3.8, 4) is 51.0 Å². The van der Waals surface area contributed by atoms with Crippen molar-refractivity contribution in [3.63, 3.8) is 0 Å². The highest BCUT2D eigenvalue weighted by molar-refractivity contribution is 6.17. The number of nitrogens with zero attached hydrogens (tertiary/aromatic N) is 5. The second kappa shape index (κ2) is 13.5. The molecule has 0 fully saturated rings. The van der Waals surface area contributed by atoms with Crippen molar-refractivity contribution < 1.29 is 4.42 Å². The Morgan fingerprint density at radius 3 is 1.61 bits per heavy atom. The molecule has 0 aliphatic carbocycles. The summed E-state index contributed by atoms with van der Waals surface area (Å²) in [6, 6.07) is 75.2. The number of benzene rings is 9. The van der Waals surface area contributed by atoms with E-state index >= 15 is 0 Å². The Hall–Kier alpha value is -8.48. The molecule has 290 valence electrons. The Balaban J connectivity index is 0.975. The van der Waals surface area contributed by atoms with Crippen LogP contribution in [0.1, 0.15) is 0 Å². The highest BCUT2D eigenvalue weighted by Crippen LogP contribution is 2.42. The zero-order valence-electron chi connectivity index (χ0n) is 33.4. The lowest BCUT2D eigenvalue weighted by atomic mass is 10.0. The van der Waals surface area contributed by atoms with Crippen LogP contribution in [0.3, 0.4) is 0 Å². The van der Waals surface area contributed by atoms with Gasteiger partial charge in [-0.1, -0.05) is 140 Å². The van der Waals surface area contributed by atoms with Crippen LogP contribution in [0.2, 0.25) is 0 Å². The monoisotopic (exact) mass is 793 g/mol. The summed E-state index contributed by atoms with van der Waals surface area (Å²) >= 11 is 0. The van der Waals surface area contributed by atoms with Crippen LogP contribution in [-0.4, -0.2) is 23.9 Å². The van der Waals surface area contributed by atoms with Gasteiger partial charge >= 0.3 is 0 Å². The second-order valence-corrected chi connectivity index (χ2v) is 15.9. The summed E-state index contributed by atoms with van der Waals surface area (Å²) in [5, 5.41) is 16.6. The third kappa shape index (κ3) is 5.17. The fraction of sp³-hybridized carbons (Fsp3) is 0. The van der Waals surface area contributed by atoms with Gasteiger partial charge in [-0.25, -0.2) is 0 Å². The van der Waals surface area contributed by atoms with Crippen LogP contribution >= 0.6 is 0 Å². The zero-order chi connectivity index (χ0) is 40.7. The molecule has 4 heterocycles. The summed E-state index contributed by atoms with van der Waals surface area (Å²) in [6.07, 6.45) is 0. The second-order valence-electron chi connectivity index (χ2n) is 15.9. The molecule has 6 nitrogen and oxygen atoms in total. The average Bonchev–Trinajstić information content (AvgIpc) is 4.11. The van der Waals surface area contributed by atoms with Gasteiger partial charge in [0, 0.05) is 60.5 Å². The fourth-order valence-electron chi connectivity index (χ4n) is 9.65. The third-order valence-corrected chi connectivity index (χ3v) is 12.4. The van der Waals surface area contributed by atoms with Gasteiger partial charge in [0.2, 0.25) is 0 Å². The lowest BCUT2D eigenvalue weighted by molar-refractivity contribution is 0.669. The van der Waals surface area contributed by atoms with E-state index in [9.17, 15) is 0 Å². The Morgan fingerprint density at radius 1 is 0.306 bits per heavy atom. The average molecular weight is 794 g/mol. The number of para-hydroxylation sites is 4. The largest absolute Gasteiger partial charge is 0.456 e. The number of hydrogen-bond acceptors (Lipinski definition) is 3. The van der Waals surface area contributed by atoms with Crippen LogP contribution in [0.15, 0.2) is 217 Å². The molecule has 6 heteroatoms. The van der Waals surface area contributed by atoms with Crippen molar-refractivity contribution >= 4 is 65.6 Å². The first-order chi connectivity index (χ1) is 30.8. The Morgan fingerprint density at radius 2 is 0.855 bits per heavy atom. The fourth-order valence-corrected chi connectivity index (χ4v) is 9.65. The summed E-state index contributed by atoms with van der Waals surface area (Å²) in [4.78, 5) is 0. The predicted octanol–water partition coefficient (Wildman–Crippen LogP) is 14.4. The SMILES string of the molecule is c1ccc(-c2nnc(-c3cccc4c3c3ccccc3n4-c3cccc(-c4cccc(-n5c6ccccc6c6cc7oc8ccccc8c7cc65)c4)c3)n2-c2ccccc2)cc1. The van der Waals surface area contributed by atoms with E-state index in [1.165, 1.54) is 10.8 Å². The van der Waals surface area contributed by atoms with E-state index < -0.39 is 0 Å². The van der Waals surface area contributed by atoms with E-state index in [1.54, 1.807) is 0 Å². The molecule has 9 aromatic carbocycles. The minimum Gasteiger partial charge on any atom is -0.456 e. The smallest absolute Gasteiger partial charge is 0.169 e. The Kier molecular flexibility index (Phi) is 7.50. The topological polar surface area (TPSA) is 53.7 Å². The molecule has 0 unspecified atom stereocenters. The normalized spacial score (nSPS) is 11.9. The van der Waals surface area contributed by atoms with E-state index in [0.717, 1.165) is 106 Å². The van der Waals surface area contributed by atoms with Gasteiger partial charge in [-0.05, 0) is 83.9 Å². The van der Waals surface area contributed by atoms with Crippen LogP contribution in [0.5, 0.6) is 0 Å². The molecule has 0 spiro atoms. The summed E-state index contributed by atoms with van der Waals surface area (Å²) in [5.41, 5.74) is 13.8. The molecule has 0 amide bonds. The number of hydrogen-bond donors (Lipinski definition) is 0. The first-order valence-corrected chi connectivity index (χ1v) is 20.9. The number of rotatable bonds is 6. The van der Waals surface area contributed by atoms with Gasteiger partial charge in [0.05, 0.1) is 22.1 Å². The van der Waals surface area contributed by atoms with Crippen molar-refractivity contribution in [3.05, 3.63) is 212 Å². The van der Waals surface area contributed by atoms with E-state index in [2.05, 4.69) is 190 Å². The van der Waals surface area contributed by atoms with Crippen LogP contribution < -0.4 is 0 Å². The lowest BCUT2D eigenvalue weighted by Crippen LogP contribution is -2.00. The van der Waals surface area contributed by atoms with Gasteiger partial charge < -0.3 is 13.6 Å². The van der Waals surface area contributed by atoms with Gasteiger partial charge in [-0.3, -0.25) is 4.57 Å². The molecule has 0 saturated heterocycles. The maximum atomic E-state index is 6.35. The van der Waals surface area contributed by atoms with Gasteiger partial charge in [0.15, 0.2) is 11.6 Å². The first kappa shape index (κ1) is 34.4. The molecule has 0 atom stereocenters. The molecule has 13 aromatic rings. The number of furan rings is 1. The highest BCUT2D eigenvalue weighted by Gasteiger charge is 2.23. The molecular weight excluding hydrogens is 759 g/mol. The summed E-state index contributed by atoms with van der Waals surface area (Å²) in [5.74, 6) is 1.59. The molecule has 0 N–H and O–H groups in total. The highest BCUT2D eigenvalue weighted by atomic mass is 16.3. The van der Waals surface area contributed by atoms with Crippen molar-refractivity contribution in [2.45, 2.75) is 0 Å². The van der Waals surface area contributed by atoms with Gasteiger partial charge in [-0.15, -0.1) is 10.2 Å². The first-order valence-electron chi connectivity index (χ1n) is 20.9. The summed E-state index contributed by atoms with van der Waals surface area (Å²) < 4.78 is 13.3. The number of aromatic nitrogens is 5. The molecule has 4 aromatic heterocycles. The quantitative estimate of drug-likeness (QED) is 0.168. The van der Waals surface area contributed by atoms with E-state index in [0.29, 0.717) is 0 Å². The Labute approximate surface area is 355 Å². The molecule has 0 aliphatic rings. The van der Waals surface area contributed by atoms with Crippen molar-refractivity contribution in [2.24, 2.45) is 0 Å². The third-order valence-electron chi connectivity index (χ3n) is 12.4. The van der Waals surface area contributed by atoms with Crippen LogP contribution in [0.25, 0.3) is 117 Å². The molecule has 0 radical (unpaired) electrons. The summed E-state index contributed by atoms with van der Waals surface area (Å²) in [7, 11) is 0. The standard InChI is InChI=1S/C56H35N5O/c1-3-16-36(17-4-1)55-57-58-56(61(55)39-20-5-2-6-21-39)45-27-15-30-50-54(45)44-26-8-11-29-49(44)59(50)40-22-13-18-37(32-40)38-19-14-23-41(33-38)60-48-28-10-7-24-42(48)46-35-53-47(34-51(46)60)43-25-9-12-31-52(43)62-53/h1-35H. The molecule has 13 rings (SSSR count). The molecule has 0 bridgehead atoms.